The van der Waals surface area contributed by atoms with Gasteiger partial charge in [0.05, 0.1) is 5.60 Å². The molecular weight excluding hydrogens is 260 g/mol. The van der Waals surface area contributed by atoms with Crippen molar-refractivity contribution in [2.24, 2.45) is 5.73 Å². The Labute approximate surface area is 106 Å². The third-order valence-corrected chi connectivity index (χ3v) is 5.49. The molecule has 0 amide bonds. The molecular formula is C10H18N2O3S2. The number of sulfonamides is 1. The smallest absolute Gasteiger partial charge is 0.252 e. The molecule has 0 aromatic carbocycles. The molecule has 7 heteroatoms. The molecule has 98 valence electrons. The topological polar surface area (TPSA) is 83.6 Å². The standard InChI is InChI=1S/C10H18N2O3S2/c1-10(2,13)7-12(3)17(14,15)9-5-4-8(6-11)16-9/h4-5,13H,6-7,11H2,1-3H3. The highest BCUT2D eigenvalue weighted by Crippen LogP contribution is 2.24. The highest BCUT2D eigenvalue weighted by molar-refractivity contribution is 7.91. The van der Waals surface area contributed by atoms with Crippen LogP contribution in [0.25, 0.3) is 0 Å². The molecule has 17 heavy (non-hydrogen) atoms. The molecule has 0 spiro atoms. The predicted molar refractivity (Wildman–Crippen MR) is 68.3 cm³/mol. The Hall–Kier alpha value is -0.470. The number of nitrogens with zero attached hydrogens (tertiary/aromatic N) is 1. The monoisotopic (exact) mass is 278 g/mol. The summed E-state index contributed by atoms with van der Waals surface area (Å²) >= 11 is 1.16. The number of likely N-dealkylation sites (N-methyl/N-ethyl adjacent to an activating group) is 1. The van der Waals surface area contributed by atoms with Gasteiger partial charge in [0.2, 0.25) is 0 Å². The maximum Gasteiger partial charge on any atom is 0.252 e. The largest absolute Gasteiger partial charge is 0.389 e. The Morgan fingerprint density at radius 3 is 2.47 bits per heavy atom. The lowest BCUT2D eigenvalue weighted by Crippen LogP contribution is -2.39. The molecule has 0 bridgehead atoms. The number of nitrogens with two attached hydrogens (primary N) is 1. The van der Waals surface area contributed by atoms with Crippen LogP contribution in [0.3, 0.4) is 0 Å². The Morgan fingerprint density at radius 1 is 1.47 bits per heavy atom. The molecule has 0 radical (unpaired) electrons. The minimum atomic E-state index is -3.53. The van der Waals surface area contributed by atoms with E-state index in [0.29, 0.717) is 6.54 Å². The molecule has 0 aliphatic heterocycles. The zero-order valence-electron chi connectivity index (χ0n) is 10.2. The van der Waals surface area contributed by atoms with Crippen molar-refractivity contribution in [1.29, 1.82) is 0 Å². The Balaban J connectivity index is 2.95. The van der Waals surface area contributed by atoms with E-state index in [1.54, 1.807) is 26.0 Å². The second kappa shape index (κ2) is 5.03. The van der Waals surface area contributed by atoms with E-state index >= 15 is 0 Å². The summed E-state index contributed by atoms with van der Waals surface area (Å²) in [5.41, 5.74) is 4.39. The van der Waals surface area contributed by atoms with Crippen molar-refractivity contribution < 1.29 is 13.5 Å². The summed E-state index contributed by atoms with van der Waals surface area (Å²) in [5.74, 6) is 0. The Morgan fingerprint density at radius 2 is 2.06 bits per heavy atom. The molecule has 1 aromatic heterocycles. The zero-order chi connectivity index (χ0) is 13.3. The van der Waals surface area contributed by atoms with Crippen LogP contribution in [-0.4, -0.2) is 37.0 Å². The number of aliphatic hydroxyl groups is 1. The third kappa shape index (κ3) is 3.75. The van der Waals surface area contributed by atoms with Gasteiger partial charge in [-0.15, -0.1) is 11.3 Å². The Bertz CT molecular complexity index is 474. The fourth-order valence-electron chi connectivity index (χ4n) is 1.39. The zero-order valence-corrected chi connectivity index (χ0v) is 11.8. The van der Waals surface area contributed by atoms with Crippen LogP contribution in [0.1, 0.15) is 18.7 Å². The molecule has 0 aliphatic rings. The van der Waals surface area contributed by atoms with Gasteiger partial charge in [-0.3, -0.25) is 0 Å². The number of rotatable bonds is 5. The molecule has 1 rings (SSSR count). The fourth-order valence-corrected chi connectivity index (χ4v) is 4.16. The second-order valence-corrected chi connectivity index (χ2v) is 7.94. The highest BCUT2D eigenvalue weighted by atomic mass is 32.2. The van der Waals surface area contributed by atoms with E-state index in [4.69, 9.17) is 5.73 Å². The highest BCUT2D eigenvalue weighted by Gasteiger charge is 2.27. The van der Waals surface area contributed by atoms with Crippen molar-refractivity contribution in [2.45, 2.75) is 30.2 Å². The van der Waals surface area contributed by atoms with Gasteiger partial charge in [-0.1, -0.05) is 0 Å². The summed E-state index contributed by atoms with van der Waals surface area (Å²) in [6.45, 7) is 3.51. The molecule has 0 atom stereocenters. The lowest BCUT2D eigenvalue weighted by atomic mass is 10.1. The Kier molecular flexibility index (Phi) is 4.32. The molecule has 0 saturated carbocycles. The van der Waals surface area contributed by atoms with Gasteiger partial charge in [-0.25, -0.2) is 8.42 Å². The minimum Gasteiger partial charge on any atom is -0.389 e. The number of hydrogen-bond acceptors (Lipinski definition) is 5. The van der Waals surface area contributed by atoms with E-state index in [1.807, 2.05) is 0 Å². The molecule has 1 aromatic rings. The van der Waals surface area contributed by atoms with Crippen LogP contribution >= 0.6 is 11.3 Å². The average Bonchev–Trinajstić information content (AvgIpc) is 2.63. The van der Waals surface area contributed by atoms with Crippen LogP contribution in [0.15, 0.2) is 16.3 Å². The normalized spacial score (nSPS) is 13.3. The first-order valence-corrected chi connectivity index (χ1v) is 7.40. The van der Waals surface area contributed by atoms with Gasteiger partial charge in [0.15, 0.2) is 0 Å². The van der Waals surface area contributed by atoms with Crippen molar-refractivity contribution in [3.8, 4) is 0 Å². The van der Waals surface area contributed by atoms with Crippen LogP contribution in [0, 0.1) is 0 Å². The van der Waals surface area contributed by atoms with Crippen LogP contribution < -0.4 is 5.73 Å². The van der Waals surface area contributed by atoms with Crippen molar-refractivity contribution in [2.75, 3.05) is 13.6 Å². The average molecular weight is 278 g/mol. The number of thiophene rings is 1. The SMILES string of the molecule is CN(CC(C)(C)O)S(=O)(=O)c1ccc(CN)s1. The van der Waals surface area contributed by atoms with Crippen molar-refractivity contribution in [3.63, 3.8) is 0 Å². The number of hydrogen-bond donors (Lipinski definition) is 2. The van der Waals surface area contributed by atoms with Gasteiger partial charge < -0.3 is 10.8 Å². The molecule has 3 N–H and O–H groups in total. The van der Waals surface area contributed by atoms with Crippen molar-refractivity contribution in [3.05, 3.63) is 17.0 Å². The molecule has 1 heterocycles. The van der Waals surface area contributed by atoms with E-state index in [9.17, 15) is 13.5 Å². The van der Waals surface area contributed by atoms with Gasteiger partial charge >= 0.3 is 0 Å². The van der Waals surface area contributed by atoms with Gasteiger partial charge in [0.25, 0.3) is 10.0 Å². The maximum absolute atomic E-state index is 12.1. The lowest BCUT2D eigenvalue weighted by molar-refractivity contribution is 0.0640. The van der Waals surface area contributed by atoms with Gasteiger partial charge in [-0.05, 0) is 26.0 Å². The van der Waals surface area contributed by atoms with E-state index in [0.717, 1.165) is 20.5 Å². The summed E-state index contributed by atoms with van der Waals surface area (Å²) in [6, 6.07) is 3.25. The van der Waals surface area contributed by atoms with Gasteiger partial charge in [0.1, 0.15) is 4.21 Å². The van der Waals surface area contributed by atoms with Crippen LogP contribution in [-0.2, 0) is 16.6 Å². The van der Waals surface area contributed by atoms with Crippen molar-refractivity contribution in [1.82, 2.24) is 4.31 Å². The first kappa shape index (κ1) is 14.6. The predicted octanol–water partition coefficient (Wildman–Crippen LogP) is 0.598. The van der Waals surface area contributed by atoms with Gasteiger partial charge in [0, 0.05) is 25.0 Å². The van der Waals surface area contributed by atoms with Crippen molar-refractivity contribution >= 4 is 21.4 Å². The summed E-state index contributed by atoms with van der Waals surface area (Å²) in [7, 11) is -2.07. The molecule has 0 unspecified atom stereocenters. The fraction of sp³-hybridized carbons (Fsp3) is 0.600. The summed E-state index contributed by atoms with van der Waals surface area (Å²) in [6.07, 6.45) is 0. The van der Waals surface area contributed by atoms with Crippen LogP contribution in [0.2, 0.25) is 0 Å². The summed E-state index contributed by atoms with van der Waals surface area (Å²) < 4.78 is 25.7. The van der Waals surface area contributed by atoms with E-state index in [-0.39, 0.29) is 10.8 Å². The first-order valence-electron chi connectivity index (χ1n) is 5.14. The van der Waals surface area contributed by atoms with E-state index in [2.05, 4.69) is 0 Å². The van der Waals surface area contributed by atoms with E-state index < -0.39 is 15.6 Å². The molecule has 0 saturated heterocycles. The lowest BCUT2D eigenvalue weighted by Gasteiger charge is -2.24. The maximum atomic E-state index is 12.1. The first-order chi connectivity index (χ1) is 7.66. The summed E-state index contributed by atoms with van der Waals surface area (Å²) in [4.78, 5) is 0.820. The summed E-state index contributed by atoms with van der Waals surface area (Å²) in [5, 5.41) is 9.63. The second-order valence-electron chi connectivity index (χ2n) is 4.50. The van der Waals surface area contributed by atoms with Crippen LogP contribution in [0.4, 0.5) is 0 Å². The third-order valence-electron chi connectivity index (χ3n) is 2.11. The van der Waals surface area contributed by atoms with E-state index in [1.165, 1.54) is 7.05 Å². The van der Waals surface area contributed by atoms with Crippen LogP contribution in [0.5, 0.6) is 0 Å². The quantitative estimate of drug-likeness (QED) is 0.826. The molecule has 5 nitrogen and oxygen atoms in total. The molecule has 0 aliphatic carbocycles. The minimum absolute atomic E-state index is 0.0468. The van der Waals surface area contributed by atoms with Gasteiger partial charge in [-0.2, -0.15) is 4.31 Å². The molecule has 0 fully saturated rings.